The van der Waals surface area contributed by atoms with E-state index in [2.05, 4.69) is 26.9 Å². The number of nitrogens with zero attached hydrogens (tertiary/aromatic N) is 4. The van der Waals surface area contributed by atoms with E-state index in [0.29, 0.717) is 28.7 Å². The predicted octanol–water partition coefficient (Wildman–Crippen LogP) is 4.17. The zero-order valence-corrected chi connectivity index (χ0v) is 21.6. The smallest absolute Gasteiger partial charge is 0.231 e. The second kappa shape index (κ2) is 11.1. The Bertz CT molecular complexity index is 1340. The fourth-order valence-electron chi connectivity index (χ4n) is 4.45. The predicted molar refractivity (Wildman–Crippen MR) is 140 cm³/mol. The summed E-state index contributed by atoms with van der Waals surface area (Å²) in [7, 11) is 3.17. The van der Waals surface area contributed by atoms with Gasteiger partial charge in [0.15, 0.2) is 23.0 Å². The first kappa shape index (κ1) is 24.9. The number of thiazole rings is 1. The van der Waals surface area contributed by atoms with Gasteiger partial charge in [-0.25, -0.2) is 4.98 Å². The molecule has 2 aliphatic rings. The van der Waals surface area contributed by atoms with Gasteiger partial charge in [0.05, 0.1) is 26.5 Å². The van der Waals surface area contributed by atoms with Crippen LogP contribution < -0.4 is 18.9 Å². The first-order valence-corrected chi connectivity index (χ1v) is 12.8. The van der Waals surface area contributed by atoms with E-state index in [-0.39, 0.29) is 18.1 Å². The number of rotatable bonds is 8. The number of fused-ring (bicyclic) bond motifs is 1. The number of hydrogen-bond acceptors (Lipinski definition) is 10. The SMILES string of the molecule is COc1ccc(-c2csc(C(C#N)=C(O)CN3CCN(Cc4ccc5c(c4)OCO5)CC3)n2)cc1OC. The minimum Gasteiger partial charge on any atom is -0.509 e. The highest BCUT2D eigenvalue weighted by Crippen LogP contribution is 2.35. The van der Waals surface area contributed by atoms with Gasteiger partial charge in [0.1, 0.15) is 22.4 Å². The zero-order chi connectivity index (χ0) is 25.8. The van der Waals surface area contributed by atoms with E-state index in [1.807, 2.05) is 35.7 Å². The highest BCUT2D eigenvalue weighted by molar-refractivity contribution is 7.11. The van der Waals surface area contributed by atoms with Crippen molar-refractivity contribution >= 4 is 16.9 Å². The van der Waals surface area contributed by atoms with E-state index >= 15 is 0 Å². The van der Waals surface area contributed by atoms with Crippen molar-refractivity contribution in [2.24, 2.45) is 0 Å². The molecule has 2 aliphatic heterocycles. The van der Waals surface area contributed by atoms with Gasteiger partial charge in [-0.2, -0.15) is 5.26 Å². The molecule has 10 heteroatoms. The number of allylic oxidation sites excluding steroid dienone is 1. The van der Waals surface area contributed by atoms with E-state index in [0.717, 1.165) is 49.8 Å². The van der Waals surface area contributed by atoms with Crippen LogP contribution in [0.25, 0.3) is 16.8 Å². The van der Waals surface area contributed by atoms with Crippen LogP contribution in [0.4, 0.5) is 0 Å². The van der Waals surface area contributed by atoms with Crippen LogP contribution in [-0.4, -0.2) is 73.6 Å². The molecular weight excluding hydrogens is 492 g/mol. The number of aromatic nitrogens is 1. The van der Waals surface area contributed by atoms with Crippen molar-refractivity contribution in [3.63, 3.8) is 0 Å². The number of ether oxygens (including phenoxy) is 4. The molecule has 0 saturated carbocycles. The molecule has 3 heterocycles. The Morgan fingerprint density at radius 1 is 1.03 bits per heavy atom. The van der Waals surface area contributed by atoms with Gasteiger partial charge >= 0.3 is 0 Å². The fourth-order valence-corrected chi connectivity index (χ4v) is 5.29. The summed E-state index contributed by atoms with van der Waals surface area (Å²) in [6.45, 7) is 4.73. The average Bonchev–Trinajstić information content (AvgIpc) is 3.60. The number of aliphatic hydroxyl groups excluding tert-OH is 1. The highest BCUT2D eigenvalue weighted by Gasteiger charge is 2.22. The fraction of sp³-hybridized carbons (Fsp3) is 0.333. The number of hydrogen-bond donors (Lipinski definition) is 1. The zero-order valence-electron chi connectivity index (χ0n) is 20.8. The maximum Gasteiger partial charge on any atom is 0.231 e. The van der Waals surface area contributed by atoms with Gasteiger partial charge in [-0.3, -0.25) is 9.80 Å². The Balaban J connectivity index is 1.21. The van der Waals surface area contributed by atoms with Crippen LogP contribution >= 0.6 is 11.3 Å². The molecule has 37 heavy (non-hydrogen) atoms. The molecule has 0 radical (unpaired) electrons. The molecular formula is C27H28N4O5S. The molecule has 0 unspecified atom stereocenters. The van der Waals surface area contributed by atoms with Crippen LogP contribution in [0.1, 0.15) is 10.6 Å². The molecule has 3 aromatic rings. The molecule has 1 aromatic heterocycles. The highest BCUT2D eigenvalue weighted by atomic mass is 32.1. The summed E-state index contributed by atoms with van der Waals surface area (Å²) in [6, 6.07) is 13.8. The third-order valence-corrected chi connectivity index (χ3v) is 7.34. The third-order valence-electron chi connectivity index (χ3n) is 6.48. The lowest BCUT2D eigenvalue weighted by Gasteiger charge is -2.34. The average molecular weight is 521 g/mol. The van der Waals surface area contributed by atoms with Gasteiger partial charge in [-0.1, -0.05) is 6.07 Å². The summed E-state index contributed by atoms with van der Waals surface area (Å²) < 4.78 is 21.6. The van der Waals surface area contributed by atoms with Crippen LogP contribution in [0.2, 0.25) is 0 Å². The van der Waals surface area contributed by atoms with Crippen molar-refractivity contribution in [2.75, 3.05) is 53.7 Å². The summed E-state index contributed by atoms with van der Waals surface area (Å²) >= 11 is 1.33. The summed E-state index contributed by atoms with van der Waals surface area (Å²) in [5.74, 6) is 2.87. The summed E-state index contributed by atoms with van der Waals surface area (Å²) in [4.78, 5) is 9.15. The van der Waals surface area contributed by atoms with Gasteiger partial charge in [0, 0.05) is 43.7 Å². The van der Waals surface area contributed by atoms with Crippen molar-refractivity contribution in [3.8, 4) is 40.3 Å². The van der Waals surface area contributed by atoms with Crippen molar-refractivity contribution in [2.45, 2.75) is 6.54 Å². The first-order chi connectivity index (χ1) is 18.1. The molecule has 5 rings (SSSR count). The molecule has 2 aromatic carbocycles. The number of piperazine rings is 1. The lowest BCUT2D eigenvalue weighted by atomic mass is 10.1. The third kappa shape index (κ3) is 5.49. The molecule has 0 amide bonds. The topological polar surface area (TPSA) is 100 Å². The van der Waals surface area contributed by atoms with Crippen LogP contribution in [0, 0.1) is 11.3 Å². The maximum absolute atomic E-state index is 10.8. The van der Waals surface area contributed by atoms with Crippen LogP contribution in [-0.2, 0) is 6.54 Å². The number of nitriles is 1. The molecule has 192 valence electrons. The Hall–Kier alpha value is -3.78. The van der Waals surface area contributed by atoms with Crippen LogP contribution in [0.5, 0.6) is 23.0 Å². The lowest BCUT2D eigenvalue weighted by molar-refractivity contribution is 0.125. The largest absolute Gasteiger partial charge is 0.509 e. The van der Waals surface area contributed by atoms with E-state index in [9.17, 15) is 10.4 Å². The lowest BCUT2D eigenvalue weighted by Crippen LogP contribution is -2.46. The molecule has 1 saturated heterocycles. The van der Waals surface area contributed by atoms with Crippen molar-refractivity contribution < 1.29 is 24.1 Å². The van der Waals surface area contributed by atoms with Gasteiger partial charge in [-0.15, -0.1) is 11.3 Å². The number of benzene rings is 2. The summed E-state index contributed by atoms with van der Waals surface area (Å²) in [6.07, 6.45) is 0. The first-order valence-electron chi connectivity index (χ1n) is 11.9. The van der Waals surface area contributed by atoms with Crippen LogP contribution in [0.3, 0.4) is 0 Å². The number of methoxy groups -OCH3 is 2. The van der Waals surface area contributed by atoms with E-state index < -0.39 is 0 Å². The number of aliphatic hydroxyl groups is 1. The Morgan fingerprint density at radius 2 is 1.78 bits per heavy atom. The second-order valence-electron chi connectivity index (χ2n) is 8.78. The van der Waals surface area contributed by atoms with Crippen molar-refractivity contribution in [1.82, 2.24) is 14.8 Å². The molecule has 0 bridgehead atoms. The Morgan fingerprint density at radius 3 is 2.54 bits per heavy atom. The van der Waals surface area contributed by atoms with Crippen LogP contribution in [0.15, 0.2) is 47.5 Å². The van der Waals surface area contributed by atoms with Gasteiger partial charge in [0.2, 0.25) is 6.79 Å². The van der Waals surface area contributed by atoms with E-state index in [1.165, 1.54) is 16.9 Å². The molecule has 0 aliphatic carbocycles. The normalized spacial score (nSPS) is 16.2. The van der Waals surface area contributed by atoms with Crippen molar-refractivity contribution in [3.05, 3.63) is 58.1 Å². The minimum absolute atomic E-state index is 0.0416. The molecule has 9 nitrogen and oxygen atoms in total. The monoisotopic (exact) mass is 520 g/mol. The van der Waals surface area contributed by atoms with Gasteiger partial charge < -0.3 is 24.1 Å². The van der Waals surface area contributed by atoms with Gasteiger partial charge in [-0.05, 0) is 35.9 Å². The van der Waals surface area contributed by atoms with E-state index in [1.54, 1.807) is 14.2 Å². The molecule has 1 fully saturated rings. The summed E-state index contributed by atoms with van der Waals surface area (Å²) in [5, 5.41) is 23.0. The quantitative estimate of drug-likeness (QED) is 0.346. The Labute approximate surface area is 219 Å². The molecule has 0 spiro atoms. The Kier molecular flexibility index (Phi) is 7.46. The maximum atomic E-state index is 10.8. The second-order valence-corrected chi connectivity index (χ2v) is 9.64. The van der Waals surface area contributed by atoms with Gasteiger partial charge in [0.25, 0.3) is 0 Å². The van der Waals surface area contributed by atoms with Crippen molar-refractivity contribution in [1.29, 1.82) is 5.26 Å². The molecule has 0 atom stereocenters. The summed E-state index contributed by atoms with van der Waals surface area (Å²) in [5.41, 5.74) is 2.94. The minimum atomic E-state index is 0.0416. The molecule has 1 N–H and O–H groups in total. The van der Waals surface area contributed by atoms with E-state index in [4.69, 9.17) is 18.9 Å². The standard InChI is InChI=1S/C27H28N4O5S/c1-33-23-6-4-19(12-25(23)34-2)21-16-37-27(29-21)20(13-28)22(32)15-31-9-7-30(8-10-31)14-18-3-5-24-26(11-18)36-17-35-24/h3-6,11-12,16,32H,7-10,14-15,17H2,1-2H3.